The van der Waals surface area contributed by atoms with Gasteiger partial charge >= 0.3 is 6.18 Å². The van der Waals surface area contributed by atoms with Crippen LogP contribution in [-0.4, -0.2) is 4.92 Å². The summed E-state index contributed by atoms with van der Waals surface area (Å²) in [6.45, 7) is 0. The van der Waals surface area contributed by atoms with E-state index in [1.165, 1.54) is 0 Å². The van der Waals surface area contributed by atoms with Gasteiger partial charge in [-0.3, -0.25) is 10.1 Å². The maximum Gasteiger partial charge on any atom is 0.416 e. The molecule has 1 aliphatic rings. The van der Waals surface area contributed by atoms with Crippen molar-refractivity contribution in [2.45, 2.75) is 31.0 Å². The van der Waals surface area contributed by atoms with Crippen LogP contribution in [0.3, 0.4) is 0 Å². The van der Waals surface area contributed by atoms with Gasteiger partial charge in [-0.15, -0.1) is 0 Å². The van der Waals surface area contributed by atoms with Crippen LogP contribution in [0.4, 0.5) is 18.9 Å². The highest BCUT2D eigenvalue weighted by atomic mass is 19.4. The molecule has 1 aromatic rings. The van der Waals surface area contributed by atoms with E-state index in [-0.39, 0.29) is 5.56 Å². The molecule has 4 nitrogen and oxygen atoms in total. The molecule has 0 unspecified atom stereocenters. The Morgan fingerprint density at radius 3 is 2.28 bits per heavy atom. The van der Waals surface area contributed by atoms with Crippen molar-refractivity contribution in [1.29, 1.82) is 0 Å². The van der Waals surface area contributed by atoms with Gasteiger partial charge in [0.15, 0.2) is 0 Å². The van der Waals surface area contributed by atoms with Crippen LogP contribution in [0, 0.1) is 10.1 Å². The molecule has 0 radical (unpaired) electrons. The Hall–Kier alpha value is -1.63. The van der Waals surface area contributed by atoms with Gasteiger partial charge in [0, 0.05) is 17.7 Å². The molecule has 0 atom stereocenters. The fourth-order valence-electron chi connectivity index (χ4n) is 2.01. The van der Waals surface area contributed by atoms with Crippen molar-refractivity contribution in [1.82, 2.24) is 0 Å². The van der Waals surface area contributed by atoms with Crippen molar-refractivity contribution < 1.29 is 18.1 Å². The number of nitrogens with two attached hydrogens (primary N) is 1. The quantitative estimate of drug-likeness (QED) is 0.656. The van der Waals surface area contributed by atoms with Gasteiger partial charge in [0.1, 0.15) is 0 Å². The summed E-state index contributed by atoms with van der Waals surface area (Å²) < 4.78 is 38.0. The molecule has 0 amide bonds. The lowest BCUT2D eigenvalue weighted by Gasteiger charge is -2.38. The third kappa shape index (κ3) is 2.17. The lowest BCUT2D eigenvalue weighted by atomic mass is 9.72. The van der Waals surface area contributed by atoms with Gasteiger partial charge in [0.05, 0.1) is 10.5 Å². The monoisotopic (exact) mass is 260 g/mol. The molecule has 0 heterocycles. The highest BCUT2D eigenvalue weighted by molar-refractivity contribution is 5.44. The van der Waals surface area contributed by atoms with Crippen LogP contribution in [0.15, 0.2) is 18.2 Å². The van der Waals surface area contributed by atoms with Gasteiger partial charge in [-0.1, -0.05) is 0 Å². The number of hydrogen-bond acceptors (Lipinski definition) is 3. The SMILES string of the molecule is NC1(c2cc([N+](=O)[O-])cc(C(F)(F)F)c2)CCC1. The number of rotatable bonds is 2. The van der Waals surface area contributed by atoms with E-state index in [9.17, 15) is 23.3 Å². The van der Waals surface area contributed by atoms with E-state index < -0.39 is 27.9 Å². The Morgan fingerprint density at radius 1 is 1.28 bits per heavy atom. The maximum atomic E-state index is 12.7. The van der Waals surface area contributed by atoms with Gasteiger partial charge in [0.2, 0.25) is 0 Å². The number of nitro groups is 1. The first-order valence-electron chi connectivity index (χ1n) is 5.38. The summed E-state index contributed by atoms with van der Waals surface area (Å²) in [7, 11) is 0. The Balaban J connectivity index is 2.53. The molecule has 2 N–H and O–H groups in total. The fourth-order valence-corrected chi connectivity index (χ4v) is 2.01. The first kappa shape index (κ1) is 12.8. The van der Waals surface area contributed by atoms with Crippen LogP contribution in [0.2, 0.25) is 0 Å². The number of halogens is 3. The molecule has 98 valence electrons. The van der Waals surface area contributed by atoms with Crippen LogP contribution in [0.25, 0.3) is 0 Å². The zero-order valence-corrected chi connectivity index (χ0v) is 9.33. The van der Waals surface area contributed by atoms with Gasteiger partial charge < -0.3 is 5.73 Å². The Bertz CT molecular complexity index is 496. The molecule has 0 aliphatic heterocycles. The fraction of sp³-hybridized carbons (Fsp3) is 0.455. The Kier molecular flexibility index (Phi) is 2.81. The molecule has 0 aromatic heterocycles. The van der Waals surface area contributed by atoms with Crippen LogP contribution in [0.1, 0.15) is 30.4 Å². The highest BCUT2D eigenvalue weighted by Crippen LogP contribution is 2.42. The van der Waals surface area contributed by atoms with Crippen LogP contribution < -0.4 is 5.73 Å². The van der Waals surface area contributed by atoms with E-state index in [0.29, 0.717) is 18.9 Å². The molecular formula is C11H11F3N2O2. The largest absolute Gasteiger partial charge is 0.416 e. The van der Waals surface area contributed by atoms with Gasteiger partial charge in [0.25, 0.3) is 5.69 Å². The van der Waals surface area contributed by atoms with E-state index in [0.717, 1.165) is 18.6 Å². The topological polar surface area (TPSA) is 69.2 Å². The van der Waals surface area contributed by atoms with Crippen molar-refractivity contribution >= 4 is 5.69 Å². The zero-order valence-electron chi connectivity index (χ0n) is 9.33. The van der Waals surface area contributed by atoms with E-state index in [1.807, 2.05) is 0 Å². The number of nitro benzene ring substituents is 1. The summed E-state index contributed by atoms with van der Waals surface area (Å²) in [4.78, 5) is 9.83. The van der Waals surface area contributed by atoms with Crippen LogP contribution in [-0.2, 0) is 11.7 Å². The molecule has 0 saturated heterocycles. The first-order chi connectivity index (χ1) is 8.22. The molecule has 1 saturated carbocycles. The summed E-state index contributed by atoms with van der Waals surface area (Å²) >= 11 is 0. The number of benzene rings is 1. The minimum atomic E-state index is -4.61. The summed E-state index contributed by atoms with van der Waals surface area (Å²) in [6, 6.07) is 2.58. The average Bonchev–Trinajstić information content (AvgIpc) is 2.24. The minimum Gasteiger partial charge on any atom is -0.321 e. The molecular weight excluding hydrogens is 249 g/mol. The molecule has 0 spiro atoms. The van der Waals surface area contributed by atoms with E-state index >= 15 is 0 Å². The van der Waals surface area contributed by atoms with Crippen molar-refractivity contribution in [3.05, 3.63) is 39.4 Å². The van der Waals surface area contributed by atoms with Gasteiger partial charge in [-0.25, -0.2) is 0 Å². The molecule has 7 heteroatoms. The number of alkyl halides is 3. The number of non-ortho nitro benzene ring substituents is 1. The molecule has 18 heavy (non-hydrogen) atoms. The lowest BCUT2D eigenvalue weighted by Crippen LogP contribution is -2.43. The van der Waals surface area contributed by atoms with Crippen molar-refractivity contribution in [3.63, 3.8) is 0 Å². The second kappa shape index (κ2) is 3.94. The van der Waals surface area contributed by atoms with E-state index in [1.54, 1.807) is 0 Å². The highest BCUT2D eigenvalue weighted by Gasteiger charge is 2.39. The Morgan fingerprint density at radius 2 is 1.89 bits per heavy atom. The molecule has 1 aliphatic carbocycles. The predicted molar refractivity (Wildman–Crippen MR) is 57.8 cm³/mol. The number of hydrogen-bond donors (Lipinski definition) is 1. The second-order valence-corrected chi connectivity index (χ2v) is 4.53. The zero-order chi connectivity index (χ0) is 13.6. The second-order valence-electron chi connectivity index (χ2n) is 4.53. The molecule has 1 fully saturated rings. The third-order valence-corrected chi connectivity index (χ3v) is 3.28. The molecule has 1 aromatic carbocycles. The molecule has 2 rings (SSSR count). The maximum absolute atomic E-state index is 12.7. The predicted octanol–water partition coefficient (Wildman–Crippen LogP) is 2.95. The summed E-state index contributed by atoms with van der Waals surface area (Å²) in [5.41, 5.74) is 3.65. The van der Waals surface area contributed by atoms with Gasteiger partial charge in [-0.05, 0) is 30.9 Å². The van der Waals surface area contributed by atoms with Gasteiger partial charge in [-0.2, -0.15) is 13.2 Å². The molecule has 0 bridgehead atoms. The van der Waals surface area contributed by atoms with E-state index in [2.05, 4.69) is 0 Å². The summed E-state index contributed by atoms with van der Waals surface area (Å²) in [5.74, 6) is 0. The smallest absolute Gasteiger partial charge is 0.321 e. The summed E-state index contributed by atoms with van der Waals surface area (Å²) in [6.07, 6.45) is -2.70. The van der Waals surface area contributed by atoms with Crippen molar-refractivity contribution in [3.8, 4) is 0 Å². The first-order valence-corrected chi connectivity index (χ1v) is 5.38. The van der Waals surface area contributed by atoms with Crippen molar-refractivity contribution in [2.75, 3.05) is 0 Å². The standard InChI is InChI=1S/C11H11F3N2O2/c12-11(13,14)8-4-7(10(15)2-1-3-10)5-9(6-8)16(17)18/h4-6H,1-3,15H2. The van der Waals surface area contributed by atoms with Crippen LogP contribution >= 0.6 is 0 Å². The minimum absolute atomic E-state index is 0.190. The van der Waals surface area contributed by atoms with Crippen LogP contribution in [0.5, 0.6) is 0 Å². The van der Waals surface area contributed by atoms with Crippen molar-refractivity contribution in [2.24, 2.45) is 5.73 Å². The summed E-state index contributed by atoms with van der Waals surface area (Å²) in [5, 5.41) is 10.7. The normalized spacial score (nSPS) is 18.2. The lowest BCUT2D eigenvalue weighted by molar-refractivity contribution is -0.385. The van der Waals surface area contributed by atoms with E-state index in [4.69, 9.17) is 5.73 Å². The Labute approximate surface area is 101 Å². The third-order valence-electron chi connectivity index (χ3n) is 3.28. The average molecular weight is 260 g/mol. The number of nitrogens with zero attached hydrogens (tertiary/aromatic N) is 1.